The predicted octanol–water partition coefficient (Wildman–Crippen LogP) is 1.34. The van der Waals surface area contributed by atoms with E-state index >= 15 is 0 Å². The second-order valence-electron chi connectivity index (χ2n) is 10.8. The molecule has 0 aromatic rings. The minimum Gasteiger partial charge on any atom is -0.444 e. The fourth-order valence-corrected chi connectivity index (χ4v) is 3.85. The lowest BCUT2D eigenvalue weighted by Crippen LogP contribution is -2.62. The van der Waals surface area contributed by atoms with E-state index in [2.05, 4.69) is 22.2 Å². The Morgan fingerprint density at radius 2 is 1.88 bits per heavy atom. The number of nitrogens with zero attached hydrogens (tertiary/aromatic N) is 2. The van der Waals surface area contributed by atoms with Crippen molar-refractivity contribution in [2.45, 2.75) is 103 Å². The number of ether oxygens (including phenoxy) is 3. The Hall–Kier alpha value is -3.03. The molecule has 3 amide bonds. The van der Waals surface area contributed by atoms with Crippen LogP contribution in [-0.2, 0) is 28.6 Å². The normalized spacial score (nSPS) is 19.4. The number of carbonyl (C=O) groups is 4. The molecule has 1 rings (SSSR count). The topological polar surface area (TPSA) is 188 Å². The van der Waals surface area contributed by atoms with Crippen LogP contribution in [0.25, 0.3) is 0 Å². The fraction of sp³-hybridized carbons (Fsp3) is 0.741. The number of rotatable bonds is 15. The molecule has 0 radical (unpaired) electrons. The van der Waals surface area contributed by atoms with E-state index in [1.54, 1.807) is 18.7 Å². The van der Waals surface area contributed by atoms with Gasteiger partial charge in [-0.1, -0.05) is 19.1 Å². The number of unbranched alkanes of at least 4 members (excludes halogenated alkanes) is 2. The van der Waals surface area contributed by atoms with Crippen molar-refractivity contribution in [3.63, 3.8) is 0 Å². The Morgan fingerprint density at radius 1 is 1.18 bits per heavy atom. The minimum atomic E-state index is -0.935. The van der Waals surface area contributed by atoms with Gasteiger partial charge in [0, 0.05) is 19.6 Å². The van der Waals surface area contributed by atoms with Gasteiger partial charge in [-0.05, 0) is 60.3 Å². The Kier molecular flexibility index (Phi) is 15.4. The molecule has 0 aromatic carbocycles. The van der Waals surface area contributed by atoms with Crippen molar-refractivity contribution < 1.29 is 33.4 Å². The zero-order valence-corrected chi connectivity index (χ0v) is 24.6. The zero-order chi connectivity index (χ0) is 30.3. The fourth-order valence-electron chi connectivity index (χ4n) is 3.85. The van der Waals surface area contributed by atoms with Gasteiger partial charge in [-0.2, -0.15) is 0 Å². The van der Waals surface area contributed by atoms with Gasteiger partial charge in [-0.3, -0.25) is 9.59 Å². The van der Waals surface area contributed by atoms with Gasteiger partial charge in [0.2, 0.25) is 17.8 Å². The molecule has 1 saturated heterocycles. The molecule has 6 N–H and O–H groups in total. The number of nitrogens with two attached hydrogens (primary N) is 2. The number of ketones is 1. The van der Waals surface area contributed by atoms with E-state index in [-0.39, 0.29) is 25.0 Å². The van der Waals surface area contributed by atoms with Gasteiger partial charge in [0.1, 0.15) is 24.5 Å². The number of carbonyl (C=O) groups excluding carboxylic acids is 4. The highest BCUT2D eigenvalue weighted by Gasteiger charge is 2.36. The van der Waals surface area contributed by atoms with E-state index in [1.807, 2.05) is 20.8 Å². The first-order valence-corrected chi connectivity index (χ1v) is 13.7. The van der Waals surface area contributed by atoms with Crippen LogP contribution >= 0.6 is 0 Å². The average Bonchev–Trinajstić information content (AvgIpc) is 2.87. The summed E-state index contributed by atoms with van der Waals surface area (Å²) < 4.78 is 16.6. The Labute approximate surface area is 237 Å². The number of guanidine groups is 1. The average molecular weight is 569 g/mol. The number of aliphatic imine (C=N–C) groups is 1. The molecule has 1 aliphatic heterocycles. The van der Waals surface area contributed by atoms with Crippen molar-refractivity contribution in [3.05, 3.63) is 12.7 Å². The number of Topliss-reactive ketones (excluding diaryl/α,β-unsaturated/α-hetero) is 1. The summed E-state index contributed by atoms with van der Waals surface area (Å²) in [7, 11) is 0. The molecule has 4 atom stereocenters. The summed E-state index contributed by atoms with van der Waals surface area (Å²) in [5.41, 5.74) is 11.6. The summed E-state index contributed by atoms with van der Waals surface area (Å²) in [5, 5.41) is 5.55. The first-order valence-electron chi connectivity index (χ1n) is 13.7. The second-order valence-corrected chi connectivity index (χ2v) is 10.8. The SMILES string of the molecule is C=CCOC(=O)N=C(N)N1CCCC(NC(=O)[C@H](C)NC(=O)[C@H](N)COC(C)(C)C)C1OCCCCCC(C)=O. The van der Waals surface area contributed by atoms with E-state index in [4.69, 9.17) is 25.7 Å². The van der Waals surface area contributed by atoms with Crippen LogP contribution in [0.15, 0.2) is 17.6 Å². The molecule has 0 bridgehead atoms. The van der Waals surface area contributed by atoms with Gasteiger partial charge in [-0.15, -0.1) is 4.99 Å². The molecular weight excluding hydrogens is 520 g/mol. The number of nitrogens with one attached hydrogen (secondary N) is 2. The third-order valence-electron chi connectivity index (χ3n) is 5.96. The first kappa shape index (κ1) is 35.0. The van der Waals surface area contributed by atoms with Crippen LogP contribution in [0.5, 0.6) is 0 Å². The van der Waals surface area contributed by atoms with Crippen LogP contribution in [0.2, 0.25) is 0 Å². The molecule has 1 fully saturated rings. The molecule has 0 spiro atoms. The first-order chi connectivity index (χ1) is 18.7. The van der Waals surface area contributed by atoms with E-state index in [0.29, 0.717) is 38.8 Å². The number of piperidine rings is 1. The van der Waals surface area contributed by atoms with Crippen molar-refractivity contribution in [3.8, 4) is 0 Å². The number of amides is 3. The van der Waals surface area contributed by atoms with Crippen molar-refractivity contribution in [1.82, 2.24) is 15.5 Å². The lowest BCUT2D eigenvalue weighted by atomic mass is 10.0. The maximum Gasteiger partial charge on any atom is 0.437 e. The molecule has 0 saturated carbocycles. The number of hydrogen-bond donors (Lipinski definition) is 4. The van der Waals surface area contributed by atoms with Crippen LogP contribution in [0, 0.1) is 0 Å². The monoisotopic (exact) mass is 568 g/mol. The van der Waals surface area contributed by atoms with Gasteiger partial charge in [0.05, 0.1) is 18.2 Å². The number of likely N-dealkylation sites (tertiary alicyclic amines) is 1. The van der Waals surface area contributed by atoms with Crippen LogP contribution in [-0.4, -0.2) is 90.9 Å². The van der Waals surface area contributed by atoms with E-state index in [1.165, 1.54) is 6.08 Å². The van der Waals surface area contributed by atoms with E-state index in [9.17, 15) is 19.2 Å². The maximum absolute atomic E-state index is 13.0. The summed E-state index contributed by atoms with van der Waals surface area (Å²) >= 11 is 0. The van der Waals surface area contributed by atoms with Crippen molar-refractivity contribution >= 4 is 29.7 Å². The molecule has 2 unspecified atom stereocenters. The summed E-state index contributed by atoms with van der Waals surface area (Å²) in [6.07, 6.45) is 3.80. The highest BCUT2D eigenvalue weighted by molar-refractivity contribution is 5.90. The molecular formula is C27H48N6O7. The molecule has 1 aliphatic rings. The highest BCUT2D eigenvalue weighted by atomic mass is 16.5. The smallest absolute Gasteiger partial charge is 0.437 e. The number of hydrogen-bond acceptors (Lipinski definition) is 8. The lowest BCUT2D eigenvalue weighted by molar-refractivity contribution is -0.133. The Bertz CT molecular complexity index is 889. The van der Waals surface area contributed by atoms with Gasteiger partial charge in [0.15, 0.2) is 6.23 Å². The summed E-state index contributed by atoms with van der Waals surface area (Å²) in [6.45, 7) is 13.0. The Morgan fingerprint density at radius 3 is 2.50 bits per heavy atom. The standard InChI is InChI=1S/C27H48N6O7/c1-7-15-39-26(37)32-25(29)33-14-11-13-21(24(33)38-16-10-8-9-12-18(2)34)31-22(35)19(3)30-23(36)20(28)17-40-27(4,5)6/h7,19-21,24H,1,8-17,28H2,2-6H3,(H,30,36)(H,31,35)(H2,29,32,37)/t19-,20+,21?,24?/m0/s1. The second kappa shape index (κ2) is 17.6. The molecule has 1 heterocycles. The highest BCUT2D eigenvalue weighted by Crippen LogP contribution is 2.20. The maximum atomic E-state index is 13.0. The minimum absolute atomic E-state index is 0.00984. The molecule has 0 aliphatic carbocycles. The quantitative estimate of drug-likeness (QED) is 0.0971. The molecule has 228 valence electrons. The van der Waals surface area contributed by atoms with Crippen LogP contribution in [0.3, 0.4) is 0 Å². The third-order valence-corrected chi connectivity index (χ3v) is 5.96. The van der Waals surface area contributed by atoms with Crippen molar-refractivity contribution in [2.24, 2.45) is 16.5 Å². The van der Waals surface area contributed by atoms with Crippen LogP contribution in [0.4, 0.5) is 4.79 Å². The molecule has 13 nitrogen and oxygen atoms in total. The van der Waals surface area contributed by atoms with Gasteiger partial charge in [-0.25, -0.2) is 4.79 Å². The third kappa shape index (κ3) is 13.9. The molecule has 0 aromatic heterocycles. The lowest BCUT2D eigenvalue weighted by Gasteiger charge is -2.41. The van der Waals surface area contributed by atoms with Crippen LogP contribution < -0.4 is 22.1 Å². The zero-order valence-electron chi connectivity index (χ0n) is 24.6. The summed E-state index contributed by atoms with van der Waals surface area (Å²) in [5.74, 6) is -0.899. The Balaban J connectivity index is 2.89. The van der Waals surface area contributed by atoms with Gasteiger partial charge < -0.3 is 46.0 Å². The summed E-state index contributed by atoms with van der Waals surface area (Å²) in [4.78, 5) is 54.1. The van der Waals surface area contributed by atoms with Crippen LogP contribution in [0.1, 0.15) is 73.1 Å². The molecule has 40 heavy (non-hydrogen) atoms. The summed E-state index contributed by atoms with van der Waals surface area (Å²) in [6, 6.07) is -2.32. The van der Waals surface area contributed by atoms with Crippen molar-refractivity contribution in [2.75, 3.05) is 26.4 Å². The van der Waals surface area contributed by atoms with Gasteiger partial charge in [0.25, 0.3) is 0 Å². The van der Waals surface area contributed by atoms with Crippen molar-refractivity contribution in [1.29, 1.82) is 0 Å². The van der Waals surface area contributed by atoms with E-state index in [0.717, 1.165) is 12.8 Å². The largest absolute Gasteiger partial charge is 0.444 e. The van der Waals surface area contributed by atoms with E-state index < -0.39 is 47.9 Å². The molecule has 13 heteroatoms. The predicted molar refractivity (Wildman–Crippen MR) is 151 cm³/mol. The van der Waals surface area contributed by atoms with Gasteiger partial charge >= 0.3 is 6.09 Å².